The van der Waals surface area contributed by atoms with E-state index in [2.05, 4.69) is 36.2 Å². The number of alkyl halides is 1. The molecule has 20 nitrogen and oxygen atoms in total. The van der Waals surface area contributed by atoms with Crippen molar-refractivity contribution in [1.29, 1.82) is 0 Å². The molecule has 3 aromatic heterocycles. The van der Waals surface area contributed by atoms with Crippen molar-refractivity contribution in [2.75, 3.05) is 76.6 Å². The van der Waals surface area contributed by atoms with Gasteiger partial charge in [-0.3, -0.25) is 29.5 Å². The van der Waals surface area contributed by atoms with Crippen LogP contribution in [0.25, 0.3) is 31.8 Å². The maximum atomic E-state index is 14.6. The van der Waals surface area contributed by atoms with Crippen LogP contribution in [0.1, 0.15) is 95.5 Å². The van der Waals surface area contributed by atoms with Gasteiger partial charge in [-0.2, -0.15) is 0 Å². The minimum Gasteiger partial charge on any atom is -0.491 e. The lowest BCUT2D eigenvalue weighted by Crippen LogP contribution is -2.59. The zero-order valence-corrected chi connectivity index (χ0v) is 47.7. The van der Waals surface area contributed by atoms with Crippen LogP contribution >= 0.6 is 22.7 Å². The van der Waals surface area contributed by atoms with Crippen LogP contribution in [0.5, 0.6) is 5.75 Å². The Balaban J connectivity index is 0.693. The highest BCUT2D eigenvalue weighted by Crippen LogP contribution is 2.41. The Hall–Kier alpha value is -6.21. The van der Waals surface area contributed by atoms with Crippen LogP contribution in [0.15, 0.2) is 54.2 Å². The molecular weight excluding hydrogens is 1070 g/mol. The number of carbonyl (C=O) groups excluding carboxylic acids is 5. The van der Waals surface area contributed by atoms with Crippen LogP contribution in [0.2, 0.25) is 0 Å². The molecular formula is C57H73FN8O12S2. The second-order valence-electron chi connectivity index (χ2n) is 21.4. The monoisotopic (exact) mass is 1140 g/mol. The normalized spacial score (nSPS) is 17.5. The van der Waals surface area contributed by atoms with Gasteiger partial charge in [0.05, 0.1) is 103 Å². The highest BCUT2D eigenvalue weighted by molar-refractivity contribution is 7.22. The molecule has 0 unspecified atom stereocenters. The molecule has 0 spiro atoms. The van der Waals surface area contributed by atoms with Crippen molar-refractivity contribution < 1.29 is 61.9 Å². The maximum absolute atomic E-state index is 14.6. The molecule has 80 heavy (non-hydrogen) atoms. The van der Waals surface area contributed by atoms with Crippen LogP contribution < -0.4 is 26.0 Å². The Morgan fingerprint density at radius 1 is 0.825 bits per heavy atom. The number of hydrogen-bond acceptors (Lipinski definition) is 17. The van der Waals surface area contributed by atoms with E-state index in [9.17, 15) is 33.5 Å². The summed E-state index contributed by atoms with van der Waals surface area (Å²) in [4.78, 5) is 81.4. The molecule has 432 valence electrons. The van der Waals surface area contributed by atoms with E-state index in [4.69, 9.17) is 28.4 Å². The second-order valence-corrected chi connectivity index (χ2v) is 23.3. The van der Waals surface area contributed by atoms with Gasteiger partial charge in [0.1, 0.15) is 30.5 Å². The van der Waals surface area contributed by atoms with Gasteiger partial charge in [0.2, 0.25) is 17.7 Å². The number of amides is 5. The first-order chi connectivity index (χ1) is 38.4. The van der Waals surface area contributed by atoms with Crippen molar-refractivity contribution in [2.45, 2.75) is 129 Å². The summed E-state index contributed by atoms with van der Waals surface area (Å²) in [5.41, 5.74) is 5.16. The molecule has 2 aliphatic carbocycles. The molecule has 0 bridgehead atoms. The maximum Gasteiger partial charge on any atom is 0.411 e. The SMILES string of the molecule is Cc1ncc(-c2ccc3nc(NC(=O)CCOCCOCCOCCOCCOc4cc(-c5scnc5C)ccc4CNC(=O)[C@@H]4C[C@@H](O)CN4C(=O)[C@@H](NC(=O)C4(F)CC4)C(C)(C)C)sc3c2)cc1NC(=O)OC1CCCCC1. The number of thiazole rings is 2. The summed E-state index contributed by atoms with van der Waals surface area (Å²) in [7, 11) is 0. The predicted molar refractivity (Wildman–Crippen MR) is 301 cm³/mol. The quantitative estimate of drug-likeness (QED) is 0.0312. The smallest absolute Gasteiger partial charge is 0.411 e. The van der Waals surface area contributed by atoms with Crippen LogP contribution in [-0.2, 0) is 49.4 Å². The summed E-state index contributed by atoms with van der Waals surface area (Å²) >= 11 is 2.86. The standard InChI is InChI=1S/C57H73FN8O12S2/c1-35-44(63-55(72)78-42-9-7-6-8-10-42)27-40(32-59-35)37-13-14-43-47(29-37)80-54(62-43)64-48(68)15-18-73-19-20-74-21-22-75-23-24-76-25-26-77-46-28-38(49-36(2)61-34-79-49)11-12-39(46)31-60-51(69)45-30-41(67)33-66(45)52(70)50(56(3,4)5)65-53(71)57(58)16-17-57/h11-14,27-29,32,34,41-42,45,50,67H,6-10,15-26,30-31,33H2,1-5H3,(H,60,69)(H,63,72)(H,65,71)(H,62,64,68)/t41-,45+,50-/m1/s1. The first kappa shape index (κ1) is 59.9. The minimum atomic E-state index is -1.98. The number of fused-ring (bicyclic) bond motifs is 1. The number of hydrogen-bond donors (Lipinski definition) is 5. The molecule has 1 saturated heterocycles. The molecule has 4 heterocycles. The number of aromatic nitrogens is 3. The van der Waals surface area contributed by atoms with E-state index in [1.807, 2.05) is 56.3 Å². The van der Waals surface area contributed by atoms with E-state index >= 15 is 0 Å². The zero-order chi connectivity index (χ0) is 56.8. The molecule has 2 saturated carbocycles. The van der Waals surface area contributed by atoms with Gasteiger partial charge < -0.3 is 54.4 Å². The fourth-order valence-electron chi connectivity index (χ4n) is 9.34. The zero-order valence-electron chi connectivity index (χ0n) is 46.1. The summed E-state index contributed by atoms with van der Waals surface area (Å²) in [6, 6.07) is 11.2. The molecule has 2 aromatic carbocycles. The molecule has 5 amide bonds. The van der Waals surface area contributed by atoms with Crippen molar-refractivity contribution >= 4 is 73.4 Å². The van der Waals surface area contributed by atoms with Crippen molar-refractivity contribution in [2.24, 2.45) is 5.41 Å². The Kier molecular flexibility index (Phi) is 21.0. The highest BCUT2D eigenvalue weighted by atomic mass is 32.1. The van der Waals surface area contributed by atoms with E-state index in [1.165, 1.54) is 34.0 Å². The number of nitrogens with zero attached hydrogens (tertiary/aromatic N) is 4. The summed E-state index contributed by atoms with van der Waals surface area (Å²) in [6.07, 6.45) is 5.72. The van der Waals surface area contributed by atoms with Gasteiger partial charge in [-0.1, -0.05) is 56.7 Å². The van der Waals surface area contributed by atoms with Gasteiger partial charge in [0.15, 0.2) is 10.8 Å². The molecule has 1 aliphatic heterocycles. The van der Waals surface area contributed by atoms with Gasteiger partial charge in [0, 0.05) is 36.8 Å². The third-order valence-electron chi connectivity index (χ3n) is 14.1. The van der Waals surface area contributed by atoms with Gasteiger partial charge in [0.25, 0.3) is 5.91 Å². The van der Waals surface area contributed by atoms with Crippen LogP contribution in [0.3, 0.4) is 0 Å². The van der Waals surface area contributed by atoms with E-state index in [-0.39, 0.29) is 70.6 Å². The summed E-state index contributed by atoms with van der Waals surface area (Å²) in [5, 5.41) is 22.3. The fourth-order valence-corrected chi connectivity index (χ4v) is 11.1. The molecule has 5 aromatic rings. The lowest BCUT2D eigenvalue weighted by Gasteiger charge is -2.35. The molecule has 3 aliphatic rings. The summed E-state index contributed by atoms with van der Waals surface area (Å²) < 4.78 is 50.0. The number of β-amino-alcohol motifs (C(OH)–C–C–N with tert-alkyl or cyclic N) is 1. The number of ether oxygens (including phenoxy) is 6. The Morgan fingerprint density at radius 2 is 1.51 bits per heavy atom. The number of nitrogens with one attached hydrogen (secondary N) is 4. The topological polar surface area (TPSA) is 251 Å². The van der Waals surface area contributed by atoms with E-state index in [0.29, 0.717) is 67.5 Å². The van der Waals surface area contributed by atoms with Crippen molar-refractivity contribution in [3.63, 3.8) is 0 Å². The number of aliphatic hydroxyl groups is 1. The van der Waals surface area contributed by atoms with Gasteiger partial charge in [-0.25, -0.2) is 19.2 Å². The van der Waals surface area contributed by atoms with Gasteiger partial charge in [-0.05, 0) is 93.2 Å². The lowest BCUT2D eigenvalue weighted by molar-refractivity contribution is -0.145. The van der Waals surface area contributed by atoms with Crippen LogP contribution in [0, 0.1) is 19.3 Å². The number of halogens is 1. The number of carbonyl (C=O) groups is 5. The molecule has 0 radical (unpaired) electrons. The van der Waals surface area contributed by atoms with Crippen LogP contribution in [-0.4, -0.2) is 151 Å². The van der Waals surface area contributed by atoms with Gasteiger partial charge >= 0.3 is 6.09 Å². The number of pyridine rings is 1. The second kappa shape index (κ2) is 28.0. The Bertz CT molecular complexity index is 2940. The molecule has 8 rings (SSSR count). The molecule has 23 heteroatoms. The first-order valence-corrected chi connectivity index (χ1v) is 29.0. The fraction of sp³-hybridized carbons (Fsp3) is 0.544. The van der Waals surface area contributed by atoms with Gasteiger partial charge in [-0.15, -0.1) is 11.3 Å². The van der Waals surface area contributed by atoms with E-state index in [1.54, 1.807) is 32.5 Å². The average Bonchev–Trinajstić information content (AvgIpc) is 3.73. The largest absolute Gasteiger partial charge is 0.491 e. The first-order valence-electron chi connectivity index (χ1n) is 27.3. The van der Waals surface area contributed by atoms with E-state index in [0.717, 1.165) is 63.2 Å². The number of anilines is 2. The van der Waals surface area contributed by atoms with E-state index < -0.39 is 53.1 Å². The minimum absolute atomic E-state index is 0.00555. The third-order valence-corrected chi connectivity index (χ3v) is 16.0. The Morgan fingerprint density at radius 3 is 2.19 bits per heavy atom. The number of likely N-dealkylation sites (tertiary alicyclic amines) is 1. The number of aryl methyl sites for hydroxylation is 2. The third kappa shape index (κ3) is 16.7. The lowest BCUT2D eigenvalue weighted by atomic mass is 9.85. The molecule has 3 atom stereocenters. The number of benzene rings is 2. The number of rotatable bonds is 27. The summed E-state index contributed by atoms with van der Waals surface area (Å²) in [6.45, 7) is 11.6. The predicted octanol–water partition coefficient (Wildman–Crippen LogP) is 8.06. The number of aliphatic hydroxyl groups excluding tert-OH is 1. The average molecular weight is 1150 g/mol. The summed E-state index contributed by atoms with van der Waals surface area (Å²) in [5.74, 6) is -1.58. The van der Waals surface area contributed by atoms with Crippen molar-refractivity contribution in [3.05, 3.63) is 71.1 Å². The highest BCUT2D eigenvalue weighted by Gasteiger charge is 2.53. The molecule has 5 N–H and O–H groups in total. The molecule has 3 fully saturated rings. The van der Waals surface area contributed by atoms with Crippen LogP contribution in [0.4, 0.5) is 20.0 Å². The van der Waals surface area contributed by atoms with Crippen molar-refractivity contribution in [1.82, 2.24) is 30.5 Å². The Labute approximate surface area is 473 Å². The van der Waals surface area contributed by atoms with Crippen molar-refractivity contribution in [3.8, 4) is 27.3 Å².